The van der Waals surface area contributed by atoms with Gasteiger partial charge in [0.15, 0.2) is 0 Å². The molecule has 2 heteroatoms. The summed E-state index contributed by atoms with van der Waals surface area (Å²) in [5.74, 6) is 0. The molecule has 0 aliphatic carbocycles. The van der Waals surface area contributed by atoms with Gasteiger partial charge < -0.3 is 0 Å². The first kappa shape index (κ1) is 9.42. The Morgan fingerprint density at radius 3 is 2.80 bits per heavy atom. The van der Waals surface area contributed by atoms with E-state index in [4.69, 9.17) is 5.26 Å². The fourth-order valence-electron chi connectivity index (χ4n) is 1.52. The monoisotopic (exact) mass is 194 g/mol. The van der Waals surface area contributed by atoms with Gasteiger partial charge in [-0.25, -0.2) is 0 Å². The lowest BCUT2D eigenvalue weighted by atomic mass is 10.00. The highest BCUT2D eigenvalue weighted by atomic mass is 14.6. The lowest BCUT2D eigenvalue weighted by molar-refractivity contribution is 1.32. The van der Waals surface area contributed by atoms with E-state index in [0.717, 1.165) is 16.7 Å². The van der Waals surface area contributed by atoms with Crippen molar-refractivity contribution in [3.63, 3.8) is 0 Å². The topological polar surface area (TPSA) is 36.7 Å². The van der Waals surface area contributed by atoms with Crippen molar-refractivity contribution in [3.8, 4) is 17.2 Å². The summed E-state index contributed by atoms with van der Waals surface area (Å²) in [6.45, 7) is 2.01. The van der Waals surface area contributed by atoms with Gasteiger partial charge in [-0.05, 0) is 19.1 Å². The molecule has 2 aromatic rings. The van der Waals surface area contributed by atoms with Crippen LogP contribution in [0.4, 0.5) is 0 Å². The molecule has 0 saturated carbocycles. The summed E-state index contributed by atoms with van der Waals surface area (Å²) in [5.41, 5.74) is 3.77. The van der Waals surface area contributed by atoms with Gasteiger partial charge >= 0.3 is 0 Å². The van der Waals surface area contributed by atoms with Crippen molar-refractivity contribution in [2.75, 3.05) is 0 Å². The van der Waals surface area contributed by atoms with Crippen LogP contribution in [-0.2, 0) is 0 Å². The van der Waals surface area contributed by atoms with E-state index in [2.05, 4.69) is 11.1 Å². The molecule has 0 unspecified atom stereocenters. The largest absolute Gasteiger partial charge is 0.264 e. The minimum absolute atomic E-state index is 0.689. The van der Waals surface area contributed by atoms with Crippen LogP contribution in [0, 0.1) is 18.3 Å². The van der Waals surface area contributed by atoms with Crippen LogP contribution in [0.1, 0.15) is 11.1 Å². The fourth-order valence-corrected chi connectivity index (χ4v) is 1.52. The minimum Gasteiger partial charge on any atom is -0.264 e. The number of nitriles is 1. The molecule has 0 saturated heterocycles. The van der Waals surface area contributed by atoms with Crippen LogP contribution < -0.4 is 0 Å². The van der Waals surface area contributed by atoms with E-state index in [1.807, 2.05) is 37.3 Å². The smallest absolute Gasteiger partial charge is 0.0998 e. The first-order chi connectivity index (χ1) is 7.31. The summed E-state index contributed by atoms with van der Waals surface area (Å²) in [6, 6.07) is 11.8. The van der Waals surface area contributed by atoms with Crippen molar-refractivity contribution in [1.82, 2.24) is 4.98 Å². The van der Waals surface area contributed by atoms with Crippen molar-refractivity contribution >= 4 is 0 Å². The lowest BCUT2D eigenvalue weighted by Gasteiger charge is -2.04. The molecule has 1 aromatic carbocycles. The molecule has 0 N–H and O–H groups in total. The second kappa shape index (κ2) is 3.93. The Morgan fingerprint density at radius 2 is 2.13 bits per heavy atom. The molecule has 1 aromatic heterocycles. The third-order valence-electron chi connectivity index (χ3n) is 2.27. The molecular weight excluding hydrogens is 184 g/mol. The lowest BCUT2D eigenvalue weighted by Crippen LogP contribution is -1.86. The molecule has 0 fully saturated rings. The summed E-state index contributed by atoms with van der Waals surface area (Å²) >= 11 is 0. The predicted octanol–water partition coefficient (Wildman–Crippen LogP) is 2.93. The summed E-state index contributed by atoms with van der Waals surface area (Å²) in [5, 5.41) is 9.00. The van der Waals surface area contributed by atoms with Crippen molar-refractivity contribution in [1.29, 1.82) is 5.26 Å². The van der Waals surface area contributed by atoms with Gasteiger partial charge in [0, 0.05) is 23.5 Å². The van der Waals surface area contributed by atoms with E-state index < -0.39 is 0 Å². The number of nitrogens with zero attached hydrogens (tertiary/aromatic N) is 2. The van der Waals surface area contributed by atoms with Gasteiger partial charge in [0.05, 0.1) is 11.6 Å². The molecule has 0 aliphatic rings. The molecule has 0 atom stereocenters. The van der Waals surface area contributed by atoms with Crippen molar-refractivity contribution < 1.29 is 0 Å². The van der Waals surface area contributed by atoms with Gasteiger partial charge in [-0.2, -0.15) is 5.26 Å². The molecule has 0 radical (unpaired) electrons. The number of aryl methyl sites for hydroxylation is 1. The molecule has 0 bridgehead atoms. The molecule has 72 valence electrons. The number of rotatable bonds is 1. The molecule has 0 amide bonds. The van der Waals surface area contributed by atoms with Crippen molar-refractivity contribution in [3.05, 3.63) is 53.9 Å². The Balaban J connectivity index is 2.62. The number of hydrogen-bond acceptors (Lipinski definition) is 2. The van der Waals surface area contributed by atoms with Crippen LogP contribution >= 0.6 is 0 Å². The standard InChI is InChI=1S/C13H10N2/c1-10-4-5-11(8-14)13(7-10)12-3-2-6-15-9-12/h2-7,9H,1H3. The Kier molecular flexibility index (Phi) is 2.47. The zero-order valence-electron chi connectivity index (χ0n) is 8.44. The van der Waals surface area contributed by atoms with Gasteiger partial charge in [0.25, 0.3) is 0 Å². The number of pyridine rings is 1. The second-order valence-electron chi connectivity index (χ2n) is 3.40. The molecule has 0 spiro atoms. The van der Waals surface area contributed by atoms with Crippen LogP contribution in [0.5, 0.6) is 0 Å². The van der Waals surface area contributed by atoms with Crippen LogP contribution in [0.25, 0.3) is 11.1 Å². The maximum atomic E-state index is 9.00. The van der Waals surface area contributed by atoms with Crippen LogP contribution in [-0.4, -0.2) is 4.98 Å². The van der Waals surface area contributed by atoms with Gasteiger partial charge in [0.2, 0.25) is 0 Å². The average molecular weight is 194 g/mol. The third-order valence-corrected chi connectivity index (χ3v) is 2.27. The van der Waals surface area contributed by atoms with E-state index in [1.165, 1.54) is 0 Å². The number of hydrogen-bond donors (Lipinski definition) is 0. The highest BCUT2D eigenvalue weighted by Gasteiger charge is 2.04. The summed E-state index contributed by atoms with van der Waals surface area (Å²) in [7, 11) is 0. The zero-order chi connectivity index (χ0) is 10.7. The third kappa shape index (κ3) is 1.87. The van der Waals surface area contributed by atoms with Crippen molar-refractivity contribution in [2.45, 2.75) is 6.92 Å². The predicted molar refractivity (Wildman–Crippen MR) is 59.1 cm³/mol. The van der Waals surface area contributed by atoms with E-state index in [9.17, 15) is 0 Å². The summed E-state index contributed by atoms with van der Waals surface area (Å²) in [4.78, 5) is 4.06. The molecule has 0 aliphatic heterocycles. The highest BCUT2D eigenvalue weighted by molar-refractivity contribution is 5.70. The Labute approximate surface area is 88.8 Å². The molecule has 1 heterocycles. The van der Waals surface area contributed by atoms with Crippen molar-refractivity contribution in [2.24, 2.45) is 0 Å². The maximum absolute atomic E-state index is 9.00. The van der Waals surface area contributed by atoms with E-state index >= 15 is 0 Å². The van der Waals surface area contributed by atoms with E-state index in [0.29, 0.717) is 5.56 Å². The zero-order valence-corrected chi connectivity index (χ0v) is 8.44. The molecule has 2 rings (SSSR count). The first-order valence-corrected chi connectivity index (χ1v) is 4.72. The van der Waals surface area contributed by atoms with Gasteiger partial charge in [0.1, 0.15) is 0 Å². The van der Waals surface area contributed by atoms with Gasteiger partial charge in [-0.3, -0.25) is 4.98 Å². The average Bonchev–Trinajstić information content (AvgIpc) is 2.30. The fraction of sp³-hybridized carbons (Fsp3) is 0.0769. The quantitative estimate of drug-likeness (QED) is 0.699. The van der Waals surface area contributed by atoms with Crippen LogP contribution in [0.3, 0.4) is 0 Å². The maximum Gasteiger partial charge on any atom is 0.0998 e. The highest BCUT2D eigenvalue weighted by Crippen LogP contribution is 2.23. The Morgan fingerprint density at radius 1 is 1.27 bits per heavy atom. The normalized spacial score (nSPS) is 9.60. The van der Waals surface area contributed by atoms with E-state index in [1.54, 1.807) is 12.4 Å². The molecular formula is C13H10N2. The van der Waals surface area contributed by atoms with Crippen LogP contribution in [0.2, 0.25) is 0 Å². The Bertz CT molecular complexity index is 510. The minimum atomic E-state index is 0.689. The Hall–Kier alpha value is -2.14. The van der Waals surface area contributed by atoms with Gasteiger partial charge in [-0.1, -0.05) is 23.8 Å². The van der Waals surface area contributed by atoms with E-state index in [-0.39, 0.29) is 0 Å². The SMILES string of the molecule is Cc1ccc(C#N)c(-c2cccnc2)c1. The second-order valence-corrected chi connectivity index (χ2v) is 3.40. The summed E-state index contributed by atoms with van der Waals surface area (Å²) in [6.07, 6.45) is 3.50. The van der Waals surface area contributed by atoms with Gasteiger partial charge in [-0.15, -0.1) is 0 Å². The number of aromatic nitrogens is 1. The number of benzene rings is 1. The first-order valence-electron chi connectivity index (χ1n) is 4.72. The molecule has 2 nitrogen and oxygen atoms in total. The molecule has 15 heavy (non-hydrogen) atoms. The van der Waals surface area contributed by atoms with Crippen LogP contribution in [0.15, 0.2) is 42.7 Å². The summed E-state index contributed by atoms with van der Waals surface area (Å²) < 4.78 is 0.